The molecule has 0 aromatic carbocycles. The Morgan fingerprint density at radius 2 is 2.21 bits per heavy atom. The summed E-state index contributed by atoms with van der Waals surface area (Å²) in [6.07, 6.45) is 7.42. The van der Waals surface area contributed by atoms with Crippen LogP contribution in [0.1, 0.15) is 39.5 Å². The molecule has 0 bridgehead atoms. The standard InChI is InChI=1S/C17H26N6O/c1-4-5-8-18-17(24)13-7-6-12(2)23(10-13)16-14-9-21-22(3)15(14)19-11-20-16/h9,11-13H,4-8,10H2,1-3H3,(H,18,24)/t12-,13+/m0/s1. The number of amides is 1. The van der Waals surface area contributed by atoms with Crippen molar-refractivity contribution in [3.05, 3.63) is 12.5 Å². The van der Waals surface area contributed by atoms with Crippen molar-refractivity contribution in [3.63, 3.8) is 0 Å². The fourth-order valence-electron chi connectivity index (χ4n) is 3.33. The maximum absolute atomic E-state index is 12.4. The Hall–Kier alpha value is -2.18. The first-order valence-electron chi connectivity index (χ1n) is 8.78. The van der Waals surface area contributed by atoms with Gasteiger partial charge < -0.3 is 10.2 Å². The van der Waals surface area contributed by atoms with Gasteiger partial charge in [-0.3, -0.25) is 9.48 Å². The van der Waals surface area contributed by atoms with E-state index in [0.717, 1.165) is 49.1 Å². The van der Waals surface area contributed by atoms with E-state index in [2.05, 4.69) is 39.1 Å². The first kappa shape index (κ1) is 16.7. The molecule has 3 heterocycles. The van der Waals surface area contributed by atoms with Crippen molar-refractivity contribution in [2.24, 2.45) is 13.0 Å². The number of aryl methyl sites for hydroxylation is 1. The van der Waals surface area contributed by atoms with Crippen molar-refractivity contribution in [3.8, 4) is 0 Å². The van der Waals surface area contributed by atoms with Gasteiger partial charge in [0.25, 0.3) is 0 Å². The van der Waals surface area contributed by atoms with Gasteiger partial charge in [-0.2, -0.15) is 5.10 Å². The average molecular weight is 330 g/mol. The largest absolute Gasteiger partial charge is 0.356 e. The zero-order valence-corrected chi connectivity index (χ0v) is 14.7. The minimum atomic E-state index is 0.0137. The minimum absolute atomic E-state index is 0.0137. The number of nitrogens with zero attached hydrogens (tertiary/aromatic N) is 5. The Bertz CT molecular complexity index is 712. The number of nitrogens with one attached hydrogen (secondary N) is 1. The molecule has 1 saturated heterocycles. The van der Waals surface area contributed by atoms with Crippen molar-refractivity contribution in [1.29, 1.82) is 0 Å². The molecule has 2 atom stereocenters. The van der Waals surface area contributed by atoms with E-state index >= 15 is 0 Å². The van der Waals surface area contributed by atoms with Crippen LogP contribution in [0.3, 0.4) is 0 Å². The Labute approximate surface area is 142 Å². The Morgan fingerprint density at radius 3 is 3.00 bits per heavy atom. The molecule has 130 valence electrons. The number of fused-ring (bicyclic) bond motifs is 1. The summed E-state index contributed by atoms with van der Waals surface area (Å²) >= 11 is 0. The molecule has 0 radical (unpaired) electrons. The molecule has 1 aliphatic rings. The molecule has 2 aromatic rings. The number of rotatable bonds is 5. The van der Waals surface area contributed by atoms with Gasteiger partial charge in [0.05, 0.1) is 17.5 Å². The SMILES string of the molecule is CCCCNC(=O)[C@@H]1CC[C@H](C)N(c2ncnc3c2cnn3C)C1. The van der Waals surface area contributed by atoms with E-state index in [4.69, 9.17) is 0 Å². The monoisotopic (exact) mass is 330 g/mol. The van der Waals surface area contributed by atoms with Crippen molar-refractivity contribution in [1.82, 2.24) is 25.1 Å². The quantitative estimate of drug-likeness (QED) is 0.847. The lowest BCUT2D eigenvalue weighted by Crippen LogP contribution is -2.47. The Morgan fingerprint density at radius 1 is 1.38 bits per heavy atom. The summed E-state index contributed by atoms with van der Waals surface area (Å²) in [5.41, 5.74) is 0.821. The van der Waals surface area contributed by atoms with Crippen LogP contribution in [0.4, 0.5) is 5.82 Å². The van der Waals surface area contributed by atoms with Gasteiger partial charge in [0.1, 0.15) is 12.1 Å². The Kier molecular flexibility index (Phi) is 4.97. The smallest absolute Gasteiger partial charge is 0.224 e. The summed E-state index contributed by atoms with van der Waals surface area (Å²) < 4.78 is 1.75. The lowest BCUT2D eigenvalue weighted by molar-refractivity contribution is -0.125. The van der Waals surface area contributed by atoms with Gasteiger partial charge >= 0.3 is 0 Å². The zero-order chi connectivity index (χ0) is 17.1. The van der Waals surface area contributed by atoms with Gasteiger partial charge in [-0.05, 0) is 26.2 Å². The molecular weight excluding hydrogens is 304 g/mol. The topological polar surface area (TPSA) is 75.9 Å². The molecule has 1 N–H and O–H groups in total. The van der Waals surface area contributed by atoms with E-state index in [-0.39, 0.29) is 11.8 Å². The highest BCUT2D eigenvalue weighted by atomic mass is 16.1. The number of carbonyl (C=O) groups is 1. The fraction of sp³-hybridized carbons (Fsp3) is 0.647. The zero-order valence-electron chi connectivity index (χ0n) is 14.7. The van der Waals surface area contributed by atoms with Crippen LogP contribution in [0.25, 0.3) is 11.0 Å². The number of piperidine rings is 1. The van der Waals surface area contributed by atoms with Crippen molar-refractivity contribution in [2.45, 2.75) is 45.6 Å². The molecule has 24 heavy (non-hydrogen) atoms. The second kappa shape index (κ2) is 7.15. The van der Waals surface area contributed by atoms with Crippen LogP contribution in [0, 0.1) is 5.92 Å². The van der Waals surface area contributed by atoms with E-state index in [1.165, 1.54) is 0 Å². The summed E-state index contributed by atoms with van der Waals surface area (Å²) in [4.78, 5) is 23.5. The lowest BCUT2D eigenvalue weighted by atomic mass is 9.92. The molecular formula is C17H26N6O. The van der Waals surface area contributed by atoms with Crippen LogP contribution < -0.4 is 10.2 Å². The highest BCUT2D eigenvalue weighted by Gasteiger charge is 2.31. The maximum atomic E-state index is 12.4. The summed E-state index contributed by atoms with van der Waals surface area (Å²) in [5, 5.41) is 8.30. The second-order valence-electron chi connectivity index (χ2n) is 6.62. The van der Waals surface area contributed by atoms with Gasteiger partial charge in [0.15, 0.2) is 5.65 Å². The number of unbranched alkanes of at least 4 members (excludes halogenated alkanes) is 1. The van der Waals surface area contributed by atoms with E-state index in [1.807, 2.05) is 13.2 Å². The van der Waals surface area contributed by atoms with Gasteiger partial charge in [-0.25, -0.2) is 9.97 Å². The van der Waals surface area contributed by atoms with Crippen LogP contribution in [-0.4, -0.2) is 44.8 Å². The van der Waals surface area contributed by atoms with Gasteiger partial charge in [0, 0.05) is 26.2 Å². The third kappa shape index (κ3) is 3.20. The second-order valence-corrected chi connectivity index (χ2v) is 6.62. The molecule has 2 aromatic heterocycles. The maximum Gasteiger partial charge on any atom is 0.224 e. The minimum Gasteiger partial charge on any atom is -0.356 e. The molecule has 1 amide bonds. The fourth-order valence-corrected chi connectivity index (χ4v) is 3.33. The summed E-state index contributed by atoms with van der Waals surface area (Å²) in [6, 6.07) is 0.350. The molecule has 3 rings (SSSR count). The van der Waals surface area contributed by atoms with E-state index in [1.54, 1.807) is 11.0 Å². The van der Waals surface area contributed by atoms with E-state index < -0.39 is 0 Å². The number of hydrogen-bond donors (Lipinski definition) is 1. The lowest BCUT2D eigenvalue weighted by Gasteiger charge is -2.38. The Balaban J connectivity index is 1.79. The molecule has 1 fully saturated rings. The van der Waals surface area contributed by atoms with Crippen molar-refractivity contribution < 1.29 is 4.79 Å². The van der Waals surface area contributed by atoms with Gasteiger partial charge in [-0.1, -0.05) is 13.3 Å². The first-order valence-corrected chi connectivity index (χ1v) is 8.78. The number of carbonyl (C=O) groups excluding carboxylic acids is 1. The molecule has 7 nitrogen and oxygen atoms in total. The van der Waals surface area contributed by atoms with Crippen molar-refractivity contribution in [2.75, 3.05) is 18.0 Å². The molecule has 0 saturated carbocycles. The average Bonchev–Trinajstić information content (AvgIpc) is 2.97. The number of hydrogen-bond acceptors (Lipinski definition) is 5. The van der Waals surface area contributed by atoms with E-state index in [9.17, 15) is 4.79 Å². The predicted molar refractivity (Wildman–Crippen MR) is 93.8 cm³/mol. The van der Waals surface area contributed by atoms with Gasteiger partial charge in [0.2, 0.25) is 5.91 Å². The summed E-state index contributed by atoms with van der Waals surface area (Å²) in [6.45, 7) is 5.78. The van der Waals surface area contributed by atoms with E-state index in [0.29, 0.717) is 12.6 Å². The summed E-state index contributed by atoms with van der Waals surface area (Å²) in [7, 11) is 1.88. The van der Waals surface area contributed by atoms with Crippen LogP contribution in [0.15, 0.2) is 12.5 Å². The molecule has 0 spiro atoms. The van der Waals surface area contributed by atoms with Crippen LogP contribution >= 0.6 is 0 Å². The van der Waals surface area contributed by atoms with Crippen molar-refractivity contribution >= 4 is 22.8 Å². The normalized spacial score (nSPS) is 21.2. The third-order valence-corrected chi connectivity index (χ3v) is 4.86. The molecule has 7 heteroatoms. The molecule has 0 unspecified atom stereocenters. The highest BCUT2D eigenvalue weighted by molar-refractivity contribution is 5.87. The van der Waals surface area contributed by atoms with Crippen LogP contribution in [-0.2, 0) is 11.8 Å². The summed E-state index contributed by atoms with van der Waals surface area (Å²) in [5.74, 6) is 1.06. The van der Waals surface area contributed by atoms with Gasteiger partial charge in [-0.15, -0.1) is 0 Å². The third-order valence-electron chi connectivity index (χ3n) is 4.86. The van der Waals surface area contributed by atoms with Crippen LogP contribution in [0.2, 0.25) is 0 Å². The number of aromatic nitrogens is 4. The first-order chi connectivity index (χ1) is 11.6. The highest BCUT2D eigenvalue weighted by Crippen LogP contribution is 2.30. The molecule has 0 aliphatic carbocycles. The predicted octanol–water partition coefficient (Wildman–Crippen LogP) is 1.88. The number of anilines is 1. The van der Waals surface area contributed by atoms with Crippen LogP contribution in [0.5, 0.6) is 0 Å². The molecule has 1 aliphatic heterocycles.